The first-order chi connectivity index (χ1) is 15.1. The van der Waals surface area contributed by atoms with E-state index in [1.165, 1.54) is 11.6 Å². The Labute approximate surface area is 182 Å². The first-order valence-electron chi connectivity index (χ1n) is 10.6. The molecule has 0 atom stereocenters. The number of aryl methyl sites for hydroxylation is 2. The number of pyridine rings is 1. The highest BCUT2D eigenvalue weighted by molar-refractivity contribution is 5.94. The summed E-state index contributed by atoms with van der Waals surface area (Å²) in [5.74, 6) is -0.293. The number of hydrogen-bond acceptors (Lipinski definition) is 3. The zero-order valence-corrected chi connectivity index (χ0v) is 17.4. The normalized spacial score (nSPS) is 13.7. The Morgan fingerprint density at radius 3 is 2.55 bits per heavy atom. The summed E-state index contributed by atoms with van der Waals surface area (Å²) in [4.78, 5) is 19.1. The molecule has 0 bridgehead atoms. The lowest BCUT2D eigenvalue weighted by atomic mass is 9.96. The summed E-state index contributed by atoms with van der Waals surface area (Å²) < 4.78 is 14.3. The van der Waals surface area contributed by atoms with E-state index < -0.39 is 0 Å². The first kappa shape index (κ1) is 20.9. The fourth-order valence-electron chi connectivity index (χ4n) is 3.90. The molecule has 0 aliphatic carbocycles. The highest BCUT2D eigenvalue weighted by atomic mass is 19.1. The van der Waals surface area contributed by atoms with Gasteiger partial charge in [-0.05, 0) is 59.7 Å². The number of hydrogen-bond donors (Lipinski definition) is 1. The van der Waals surface area contributed by atoms with Gasteiger partial charge in [-0.2, -0.15) is 0 Å². The van der Waals surface area contributed by atoms with Gasteiger partial charge in [0.1, 0.15) is 5.82 Å². The summed E-state index contributed by atoms with van der Waals surface area (Å²) in [6.45, 7) is 1.37. The van der Waals surface area contributed by atoms with Gasteiger partial charge in [0.05, 0.1) is 5.56 Å². The lowest BCUT2D eigenvalue weighted by Crippen LogP contribution is -2.34. The van der Waals surface area contributed by atoms with Crippen molar-refractivity contribution in [3.8, 4) is 0 Å². The van der Waals surface area contributed by atoms with Crippen molar-refractivity contribution in [1.29, 1.82) is 0 Å². The predicted octanol–water partition coefficient (Wildman–Crippen LogP) is 4.39. The zero-order valence-electron chi connectivity index (χ0n) is 17.4. The van der Waals surface area contributed by atoms with Crippen LogP contribution in [0.25, 0.3) is 5.57 Å². The van der Waals surface area contributed by atoms with Gasteiger partial charge >= 0.3 is 0 Å². The van der Waals surface area contributed by atoms with Crippen molar-refractivity contribution in [3.05, 3.63) is 107 Å². The Morgan fingerprint density at radius 2 is 1.81 bits per heavy atom. The van der Waals surface area contributed by atoms with E-state index in [0.29, 0.717) is 37.2 Å². The Balaban J connectivity index is 1.43. The topological polar surface area (TPSA) is 59.2 Å². The SMILES string of the molecule is NCc1ccc(F)c(C2=CCN(C(=O)c3cncc(CCc4ccccc4)c3)CC2)c1. The lowest BCUT2D eigenvalue weighted by molar-refractivity contribution is 0.0772. The Bertz CT molecular complexity index is 1090. The van der Waals surface area contributed by atoms with Crippen LogP contribution < -0.4 is 5.73 Å². The van der Waals surface area contributed by atoms with Crippen molar-refractivity contribution in [1.82, 2.24) is 9.88 Å². The first-order valence-corrected chi connectivity index (χ1v) is 10.6. The molecule has 4 nitrogen and oxygen atoms in total. The largest absolute Gasteiger partial charge is 0.335 e. The van der Waals surface area contributed by atoms with Crippen LogP contribution in [-0.4, -0.2) is 28.9 Å². The molecule has 2 heterocycles. The van der Waals surface area contributed by atoms with Gasteiger partial charge in [-0.3, -0.25) is 9.78 Å². The fraction of sp³-hybridized carbons (Fsp3) is 0.231. The van der Waals surface area contributed by atoms with Gasteiger partial charge in [0.2, 0.25) is 0 Å². The molecule has 0 spiro atoms. The minimum Gasteiger partial charge on any atom is -0.335 e. The molecule has 2 N–H and O–H groups in total. The van der Waals surface area contributed by atoms with Gasteiger partial charge < -0.3 is 10.6 Å². The minimum absolute atomic E-state index is 0.0412. The van der Waals surface area contributed by atoms with E-state index in [0.717, 1.165) is 29.5 Å². The maximum atomic E-state index is 14.3. The maximum absolute atomic E-state index is 14.3. The van der Waals surface area contributed by atoms with Gasteiger partial charge in [-0.25, -0.2) is 4.39 Å². The summed E-state index contributed by atoms with van der Waals surface area (Å²) in [7, 11) is 0. The smallest absolute Gasteiger partial charge is 0.255 e. The van der Waals surface area contributed by atoms with Gasteiger partial charge in [0, 0.05) is 37.6 Å². The number of aromatic nitrogens is 1. The van der Waals surface area contributed by atoms with Crippen molar-refractivity contribution in [3.63, 3.8) is 0 Å². The Kier molecular flexibility index (Phi) is 6.53. The number of amides is 1. The molecule has 1 aliphatic rings. The van der Waals surface area contributed by atoms with Crippen LogP contribution in [0.5, 0.6) is 0 Å². The van der Waals surface area contributed by atoms with Gasteiger partial charge in [-0.1, -0.05) is 42.5 Å². The Hall–Kier alpha value is -3.31. The van der Waals surface area contributed by atoms with Crippen LogP contribution in [0.3, 0.4) is 0 Å². The van der Waals surface area contributed by atoms with Crippen LogP contribution in [0.1, 0.15) is 39.0 Å². The molecule has 0 saturated carbocycles. The van der Waals surface area contributed by atoms with E-state index in [2.05, 4.69) is 17.1 Å². The van der Waals surface area contributed by atoms with Crippen LogP contribution in [0, 0.1) is 5.82 Å². The number of halogens is 1. The van der Waals surface area contributed by atoms with Gasteiger partial charge in [-0.15, -0.1) is 0 Å². The highest BCUT2D eigenvalue weighted by Gasteiger charge is 2.21. The molecule has 0 fully saturated rings. The third-order valence-corrected chi connectivity index (χ3v) is 5.70. The zero-order chi connectivity index (χ0) is 21.6. The molecule has 1 aliphatic heterocycles. The highest BCUT2D eigenvalue weighted by Crippen LogP contribution is 2.26. The quantitative estimate of drug-likeness (QED) is 0.649. The van der Waals surface area contributed by atoms with Crippen LogP contribution in [-0.2, 0) is 19.4 Å². The molecule has 31 heavy (non-hydrogen) atoms. The van der Waals surface area contributed by atoms with Crippen molar-refractivity contribution >= 4 is 11.5 Å². The molecule has 4 rings (SSSR count). The molecular formula is C26H26FN3O. The minimum atomic E-state index is -0.251. The second-order valence-electron chi connectivity index (χ2n) is 7.82. The van der Waals surface area contributed by atoms with Crippen LogP contribution >= 0.6 is 0 Å². The summed E-state index contributed by atoms with van der Waals surface area (Å²) in [5.41, 5.74) is 11.0. The molecule has 158 valence electrons. The number of carbonyl (C=O) groups is 1. The fourth-order valence-corrected chi connectivity index (χ4v) is 3.90. The predicted molar refractivity (Wildman–Crippen MR) is 121 cm³/mol. The second-order valence-corrected chi connectivity index (χ2v) is 7.82. The number of benzene rings is 2. The number of nitrogens with zero attached hydrogens (tertiary/aromatic N) is 2. The maximum Gasteiger partial charge on any atom is 0.255 e. The van der Waals surface area contributed by atoms with E-state index >= 15 is 0 Å². The third-order valence-electron chi connectivity index (χ3n) is 5.70. The number of carbonyl (C=O) groups excluding carboxylic acids is 1. The van der Waals surface area contributed by atoms with Crippen LogP contribution in [0.15, 0.2) is 73.1 Å². The van der Waals surface area contributed by atoms with E-state index in [1.807, 2.05) is 36.5 Å². The molecule has 3 aromatic rings. The lowest BCUT2D eigenvalue weighted by Gasteiger charge is -2.27. The number of rotatable bonds is 6. The number of nitrogens with two attached hydrogens (primary N) is 1. The average Bonchev–Trinajstić information content (AvgIpc) is 2.83. The third kappa shape index (κ3) is 5.06. The summed E-state index contributed by atoms with van der Waals surface area (Å²) in [6.07, 6.45) is 7.73. The molecule has 0 radical (unpaired) electrons. The summed E-state index contributed by atoms with van der Waals surface area (Å²) in [5, 5.41) is 0. The van der Waals surface area contributed by atoms with Gasteiger partial charge in [0.15, 0.2) is 0 Å². The standard InChI is InChI=1S/C26H26FN3O/c27-25-9-8-20(16-28)15-24(25)22-10-12-30(13-11-22)26(31)23-14-21(17-29-18-23)7-6-19-4-2-1-3-5-19/h1-5,8-10,14-15,17-18H,6-7,11-13,16,28H2. The Morgan fingerprint density at radius 1 is 1.00 bits per heavy atom. The molecule has 1 aromatic heterocycles. The molecule has 5 heteroatoms. The van der Waals surface area contributed by atoms with E-state index in [9.17, 15) is 9.18 Å². The monoisotopic (exact) mass is 415 g/mol. The van der Waals surface area contributed by atoms with Gasteiger partial charge in [0.25, 0.3) is 5.91 Å². The molecule has 2 aromatic carbocycles. The van der Waals surface area contributed by atoms with E-state index in [-0.39, 0.29) is 11.7 Å². The average molecular weight is 416 g/mol. The van der Waals surface area contributed by atoms with Crippen molar-refractivity contribution in [2.75, 3.05) is 13.1 Å². The molecular weight excluding hydrogens is 389 g/mol. The van der Waals surface area contributed by atoms with E-state index in [1.54, 1.807) is 23.2 Å². The molecule has 0 unspecified atom stereocenters. The van der Waals surface area contributed by atoms with Crippen LogP contribution in [0.4, 0.5) is 4.39 Å². The second kappa shape index (κ2) is 9.67. The molecule has 1 amide bonds. The van der Waals surface area contributed by atoms with E-state index in [4.69, 9.17) is 5.73 Å². The van der Waals surface area contributed by atoms with Crippen molar-refractivity contribution in [2.45, 2.75) is 25.8 Å². The summed E-state index contributed by atoms with van der Waals surface area (Å²) >= 11 is 0. The summed E-state index contributed by atoms with van der Waals surface area (Å²) in [6, 6.07) is 17.2. The molecule has 0 saturated heterocycles. The van der Waals surface area contributed by atoms with Crippen molar-refractivity contribution < 1.29 is 9.18 Å². The van der Waals surface area contributed by atoms with Crippen molar-refractivity contribution in [2.24, 2.45) is 5.73 Å². The van der Waals surface area contributed by atoms with Crippen LogP contribution in [0.2, 0.25) is 0 Å².